The Balaban J connectivity index is 2.38. The molecule has 1 rings (SSSR count). The van der Waals surface area contributed by atoms with Crippen molar-refractivity contribution in [3.05, 3.63) is 49.8 Å². The molecule has 0 saturated heterocycles. The van der Waals surface area contributed by atoms with Crippen molar-refractivity contribution in [2.24, 2.45) is 0 Å². The summed E-state index contributed by atoms with van der Waals surface area (Å²) in [5, 5.41) is 13.0. The molecule has 0 fully saturated rings. The van der Waals surface area contributed by atoms with Crippen LogP contribution in [0.1, 0.15) is 12.8 Å². The number of carbonyl (C=O) groups is 1. The van der Waals surface area contributed by atoms with E-state index in [1.54, 1.807) is 24.5 Å². The van der Waals surface area contributed by atoms with Crippen molar-refractivity contribution in [1.29, 1.82) is 0 Å². The average Bonchev–Trinajstić information content (AvgIpc) is 2.45. The van der Waals surface area contributed by atoms with Gasteiger partial charge in [0.1, 0.15) is 0 Å². The second-order valence-corrected chi connectivity index (χ2v) is 5.51. The van der Waals surface area contributed by atoms with E-state index in [1.165, 1.54) is 11.8 Å². The molecule has 0 aliphatic heterocycles. The molecule has 0 aliphatic rings. The monoisotopic (exact) mass is 292 g/mol. The number of hydrogen-bond acceptors (Lipinski definition) is 4. The standard InChI is InChI=1S/C15H20N2O2S/c1-3-7-15(19,8-4-2)12-17-14(18)11-20-13-5-9-16-10-6-13/h3-6,9-10,19H,1-2,7-8,11-12H2,(H,17,18). The van der Waals surface area contributed by atoms with Crippen molar-refractivity contribution in [2.45, 2.75) is 23.3 Å². The van der Waals surface area contributed by atoms with Crippen LogP contribution in [0.5, 0.6) is 0 Å². The van der Waals surface area contributed by atoms with Crippen LogP contribution in [0.15, 0.2) is 54.7 Å². The van der Waals surface area contributed by atoms with E-state index in [2.05, 4.69) is 23.5 Å². The molecule has 0 aromatic carbocycles. The molecule has 1 aromatic rings. The number of aliphatic hydroxyl groups is 1. The van der Waals surface area contributed by atoms with Gasteiger partial charge in [-0.05, 0) is 25.0 Å². The number of rotatable bonds is 9. The Hall–Kier alpha value is -1.59. The maximum atomic E-state index is 11.8. The molecule has 108 valence electrons. The highest BCUT2D eigenvalue weighted by Crippen LogP contribution is 2.17. The molecule has 1 aromatic heterocycles. The summed E-state index contributed by atoms with van der Waals surface area (Å²) < 4.78 is 0. The summed E-state index contributed by atoms with van der Waals surface area (Å²) in [6, 6.07) is 3.70. The molecule has 0 radical (unpaired) electrons. The van der Waals surface area contributed by atoms with Crippen molar-refractivity contribution in [3.8, 4) is 0 Å². The van der Waals surface area contributed by atoms with Gasteiger partial charge in [0.2, 0.25) is 5.91 Å². The molecule has 0 bridgehead atoms. The summed E-state index contributed by atoms with van der Waals surface area (Å²) in [7, 11) is 0. The van der Waals surface area contributed by atoms with Crippen LogP contribution in [-0.4, -0.2) is 33.9 Å². The maximum absolute atomic E-state index is 11.8. The topological polar surface area (TPSA) is 62.2 Å². The molecule has 0 saturated carbocycles. The summed E-state index contributed by atoms with van der Waals surface area (Å²) in [5.41, 5.74) is -1.000. The molecule has 5 heteroatoms. The van der Waals surface area contributed by atoms with Crippen molar-refractivity contribution in [1.82, 2.24) is 10.3 Å². The van der Waals surface area contributed by atoms with Gasteiger partial charge in [-0.3, -0.25) is 9.78 Å². The Bertz CT molecular complexity index is 438. The van der Waals surface area contributed by atoms with Crippen LogP contribution in [-0.2, 0) is 4.79 Å². The third kappa shape index (κ3) is 6.04. The summed E-state index contributed by atoms with van der Waals surface area (Å²) in [5.74, 6) is 0.195. The van der Waals surface area contributed by atoms with Gasteiger partial charge in [0.15, 0.2) is 0 Å². The molecule has 0 atom stereocenters. The second kappa shape index (κ2) is 8.55. The number of nitrogens with zero attached hydrogens (tertiary/aromatic N) is 1. The Kier molecular flexibility index (Phi) is 7.04. The number of pyridine rings is 1. The minimum atomic E-state index is -1.000. The molecule has 0 aliphatic carbocycles. The molecular weight excluding hydrogens is 272 g/mol. The smallest absolute Gasteiger partial charge is 0.230 e. The van der Waals surface area contributed by atoms with E-state index in [0.29, 0.717) is 18.6 Å². The molecule has 20 heavy (non-hydrogen) atoms. The van der Waals surface area contributed by atoms with Crippen molar-refractivity contribution in [3.63, 3.8) is 0 Å². The maximum Gasteiger partial charge on any atom is 0.230 e. The van der Waals surface area contributed by atoms with E-state index in [-0.39, 0.29) is 12.5 Å². The summed E-state index contributed by atoms with van der Waals surface area (Å²) in [4.78, 5) is 16.7. The van der Waals surface area contributed by atoms with Gasteiger partial charge in [-0.25, -0.2) is 0 Å². The van der Waals surface area contributed by atoms with Crippen LogP contribution in [0.4, 0.5) is 0 Å². The van der Waals surface area contributed by atoms with E-state index in [0.717, 1.165) is 4.90 Å². The highest BCUT2D eigenvalue weighted by molar-refractivity contribution is 8.00. The molecule has 1 heterocycles. The second-order valence-electron chi connectivity index (χ2n) is 4.46. The van der Waals surface area contributed by atoms with E-state index in [4.69, 9.17) is 0 Å². The van der Waals surface area contributed by atoms with Crippen LogP contribution in [0.3, 0.4) is 0 Å². The van der Waals surface area contributed by atoms with Crippen LogP contribution < -0.4 is 5.32 Å². The van der Waals surface area contributed by atoms with Gasteiger partial charge in [0.05, 0.1) is 11.4 Å². The predicted molar refractivity (Wildman–Crippen MR) is 82.5 cm³/mol. The number of aromatic nitrogens is 1. The third-order valence-corrected chi connectivity index (χ3v) is 3.69. The fourth-order valence-corrected chi connectivity index (χ4v) is 2.38. The molecule has 0 unspecified atom stereocenters. The summed E-state index contributed by atoms with van der Waals surface area (Å²) in [6.45, 7) is 7.42. The summed E-state index contributed by atoms with van der Waals surface area (Å²) >= 11 is 1.43. The lowest BCUT2D eigenvalue weighted by Gasteiger charge is -2.25. The largest absolute Gasteiger partial charge is 0.387 e. The lowest BCUT2D eigenvalue weighted by molar-refractivity contribution is -0.119. The number of carbonyl (C=O) groups excluding carboxylic acids is 1. The van der Waals surface area contributed by atoms with Gasteiger partial charge in [-0.1, -0.05) is 12.2 Å². The van der Waals surface area contributed by atoms with E-state index in [9.17, 15) is 9.90 Å². The highest BCUT2D eigenvalue weighted by Gasteiger charge is 2.24. The molecular formula is C15H20N2O2S. The number of amides is 1. The van der Waals surface area contributed by atoms with Gasteiger partial charge in [-0.2, -0.15) is 0 Å². The fourth-order valence-electron chi connectivity index (χ4n) is 1.66. The van der Waals surface area contributed by atoms with Crippen molar-refractivity contribution in [2.75, 3.05) is 12.3 Å². The first-order chi connectivity index (χ1) is 9.59. The first-order valence-corrected chi connectivity index (χ1v) is 7.32. The SMILES string of the molecule is C=CCC(O)(CC=C)CNC(=O)CSc1ccncc1. The van der Waals surface area contributed by atoms with Crippen LogP contribution in [0, 0.1) is 0 Å². The molecule has 4 nitrogen and oxygen atoms in total. The molecule has 1 amide bonds. The Morgan fingerprint density at radius 1 is 1.35 bits per heavy atom. The average molecular weight is 292 g/mol. The van der Waals surface area contributed by atoms with Gasteiger partial charge >= 0.3 is 0 Å². The number of nitrogens with one attached hydrogen (secondary N) is 1. The minimum absolute atomic E-state index is 0.113. The predicted octanol–water partition coefficient (Wildman–Crippen LogP) is 2.17. The molecule has 0 spiro atoms. The van der Waals surface area contributed by atoms with Crippen molar-refractivity contribution < 1.29 is 9.90 Å². The van der Waals surface area contributed by atoms with Gasteiger partial charge in [-0.15, -0.1) is 24.9 Å². The lowest BCUT2D eigenvalue weighted by Crippen LogP contribution is -2.42. The summed E-state index contributed by atoms with van der Waals surface area (Å²) in [6.07, 6.45) is 7.48. The zero-order valence-corrected chi connectivity index (χ0v) is 12.2. The Labute approximate surface area is 124 Å². The minimum Gasteiger partial charge on any atom is -0.387 e. The lowest BCUT2D eigenvalue weighted by atomic mass is 9.95. The zero-order chi connectivity index (χ0) is 14.8. The molecule has 2 N–H and O–H groups in total. The van der Waals surface area contributed by atoms with Gasteiger partial charge < -0.3 is 10.4 Å². The van der Waals surface area contributed by atoms with Crippen LogP contribution in [0.2, 0.25) is 0 Å². The fraction of sp³-hybridized carbons (Fsp3) is 0.333. The van der Waals surface area contributed by atoms with Crippen LogP contribution in [0.25, 0.3) is 0 Å². The normalized spacial score (nSPS) is 10.8. The van der Waals surface area contributed by atoms with Crippen molar-refractivity contribution >= 4 is 17.7 Å². The highest BCUT2D eigenvalue weighted by atomic mass is 32.2. The number of hydrogen-bond donors (Lipinski definition) is 2. The van der Waals surface area contributed by atoms with E-state index < -0.39 is 5.60 Å². The number of thioether (sulfide) groups is 1. The third-order valence-electron chi connectivity index (χ3n) is 2.68. The Morgan fingerprint density at radius 3 is 2.50 bits per heavy atom. The van der Waals surface area contributed by atoms with E-state index >= 15 is 0 Å². The quantitative estimate of drug-likeness (QED) is 0.541. The van der Waals surface area contributed by atoms with E-state index in [1.807, 2.05) is 12.1 Å². The first-order valence-electron chi connectivity index (χ1n) is 6.33. The Morgan fingerprint density at radius 2 is 1.95 bits per heavy atom. The van der Waals surface area contributed by atoms with Gasteiger partial charge in [0.25, 0.3) is 0 Å². The van der Waals surface area contributed by atoms with Gasteiger partial charge in [0, 0.05) is 23.8 Å². The zero-order valence-electron chi connectivity index (χ0n) is 11.4. The van der Waals surface area contributed by atoms with Crippen LogP contribution >= 0.6 is 11.8 Å². The first kappa shape index (κ1) is 16.5.